The summed E-state index contributed by atoms with van der Waals surface area (Å²) in [5, 5.41) is 6.95. The fourth-order valence-electron chi connectivity index (χ4n) is 4.59. The Hall–Kier alpha value is -2.90. The highest BCUT2D eigenvalue weighted by Gasteiger charge is 2.14. The molecule has 0 unspecified atom stereocenters. The standard InChI is InChI=1S/C26H32FNO2.C6H13NO2/c27-24-11-7-20(8-12-24)9-13-25-17-23-10-6-22(16-26(23)30-25)18-28-14-15-29-19-21-4-2-1-3-5-21;1-6(2,3)9-5(8)7-4/h6-8,10-12,16-17,21,28H,1-5,9,13-15,18-19H2;1-4H3,(H,7,8). The normalized spacial score (nSPS) is 14.1. The average Bonchev–Trinajstić information content (AvgIpc) is 3.32. The highest BCUT2D eigenvalue weighted by molar-refractivity contribution is 5.78. The minimum absolute atomic E-state index is 0.195. The van der Waals surface area contributed by atoms with Crippen LogP contribution in [0, 0.1) is 11.7 Å². The predicted molar refractivity (Wildman–Crippen MR) is 154 cm³/mol. The molecule has 0 spiro atoms. The molecule has 0 atom stereocenters. The number of amides is 1. The SMILES string of the molecule is CNC(=O)OC(C)(C)C.Fc1ccc(CCc2cc3ccc(CNCCOCC4CCCCC4)cc3o2)cc1. The Bertz CT molecular complexity index is 1130. The molecule has 214 valence electrons. The number of rotatable bonds is 10. The molecule has 1 aliphatic rings. The van der Waals surface area contributed by atoms with Gasteiger partial charge in [0.25, 0.3) is 0 Å². The van der Waals surface area contributed by atoms with Crippen molar-refractivity contribution in [3.63, 3.8) is 0 Å². The summed E-state index contributed by atoms with van der Waals surface area (Å²) in [6, 6.07) is 15.2. The molecule has 0 aliphatic heterocycles. The molecule has 0 radical (unpaired) electrons. The molecule has 2 aromatic carbocycles. The van der Waals surface area contributed by atoms with Gasteiger partial charge in [0.05, 0.1) is 6.61 Å². The van der Waals surface area contributed by atoms with Crippen LogP contribution in [-0.2, 0) is 28.9 Å². The monoisotopic (exact) mass is 540 g/mol. The van der Waals surface area contributed by atoms with Crippen LogP contribution in [0.4, 0.5) is 9.18 Å². The molecule has 6 nitrogen and oxygen atoms in total. The van der Waals surface area contributed by atoms with Gasteiger partial charge in [-0.15, -0.1) is 0 Å². The van der Waals surface area contributed by atoms with Crippen molar-refractivity contribution in [3.8, 4) is 0 Å². The summed E-state index contributed by atoms with van der Waals surface area (Å²) in [5.74, 6) is 1.55. The number of benzene rings is 2. The minimum Gasteiger partial charge on any atom is -0.461 e. The van der Waals surface area contributed by atoms with Crippen LogP contribution in [0.3, 0.4) is 0 Å². The number of aryl methyl sites for hydroxylation is 2. The third-order valence-corrected chi connectivity index (χ3v) is 6.64. The quantitative estimate of drug-likeness (QED) is 0.266. The van der Waals surface area contributed by atoms with E-state index in [9.17, 15) is 9.18 Å². The summed E-state index contributed by atoms with van der Waals surface area (Å²) >= 11 is 0. The van der Waals surface area contributed by atoms with Gasteiger partial charge in [-0.3, -0.25) is 0 Å². The third-order valence-electron chi connectivity index (χ3n) is 6.64. The van der Waals surface area contributed by atoms with Crippen molar-refractivity contribution in [2.75, 3.05) is 26.8 Å². The molecule has 1 aliphatic carbocycles. The summed E-state index contributed by atoms with van der Waals surface area (Å²) in [4.78, 5) is 10.5. The zero-order valence-electron chi connectivity index (χ0n) is 24.0. The van der Waals surface area contributed by atoms with Gasteiger partial charge >= 0.3 is 6.09 Å². The lowest BCUT2D eigenvalue weighted by Gasteiger charge is -2.21. The van der Waals surface area contributed by atoms with E-state index in [1.165, 1.54) is 56.8 Å². The van der Waals surface area contributed by atoms with Gasteiger partial charge < -0.3 is 24.5 Å². The topological polar surface area (TPSA) is 72.7 Å². The Labute approximate surface area is 232 Å². The first-order valence-corrected chi connectivity index (χ1v) is 14.2. The largest absolute Gasteiger partial charge is 0.461 e. The number of alkyl carbamates (subject to hydrolysis) is 1. The van der Waals surface area contributed by atoms with Crippen molar-refractivity contribution in [1.82, 2.24) is 10.6 Å². The van der Waals surface area contributed by atoms with Gasteiger partial charge in [0.2, 0.25) is 0 Å². The summed E-state index contributed by atoms with van der Waals surface area (Å²) in [6.07, 6.45) is 8.08. The van der Waals surface area contributed by atoms with Crippen LogP contribution in [-0.4, -0.2) is 38.5 Å². The average molecular weight is 541 g/mol. The van der Waals surface area contributed by atoms with E-state index >= 15 is 0 Å². The van der Waals surface area contributed by atoms with Crippen molar-refractivity contribution < 1.29 is 23.1 Å². The highest BCUT2D eigenvalue weighted by atomic mass is 19.1. The van der Waals surface area contributed by atoms with E-state index in [1.54, 1.807) is 0 Å². The molecule has 4 rings (SSSR count). The Morgan fingerprint density at radius 1 is 1.00 bits per heavy atom. The molecule has 1 heterocycles. The van der Waals surface area contributed by atoms with E-state index < -0.39 is 0 Å². The Morgan fingerprint density at radius 2 is 1.72 bits per heavy atom. The number of carbonyl (C=O) groups is 1. The van der Waals surface area contributed by atoms with E-state index in [1.807, 2.05) is 32.9 Å². The van der Waals surface area contributed by atoms with Gasteiger partial charge in [-0.2, -0.15) is 0 Å². The lowest BCUT2D eigenvalue weighted by molar-refractivity contribution is 0.0541. The molecule has 1 aromatic heterocycles. The first kappa shape index (κ1) is 30.6. The molecular formula is C32H45FN2O4. The highest BCUT2D eigenvalue weighted by Crippen LogP contribution is 2.24. The molecular weight excluding hydrogens is 495 g/mol. The van der Waals surface area contributed by atoms with Crippen LogP contribution in [0.15, 0.2) is 52.9 Å². The van der Waals surface area contributed by atoms with Crippen molar-refractivity contribution >= 4 is 17.1 Å². The van der Waals surface area contributed by atoms with Crippen molar-refractivity contribution in [3.05, 3.63) is 71.2 Å². The second kappa shape index (κ2) is 15.6. The summed E-state index contributed by atoms with van der Waals surface area (Å²) in [6.45, 7) is 8.83. The number of carbonyl (C=O) groups excluding carboxylic acids is 1. The van der Waals surface area contributed by atoms with Gasteiger partial charge in [-0.05, 0) is 81.3 Å². The molecule has 2 N–H and O–H groups in total. The van der Waals surface area contributed by atoms with Crippen LogP contribution in [0.5, 0.6) is 0 Å². The number of fused-ring (bicyclic) bond motifs is 1. The lowest BCUT2D eigenvalue weighted by Crippen LogP contribution is -2.30. The second-order valence-corrected chi connectivity index (χ2v) is 11.2. The first-order chi connectivity index (χ1) is 18.7. The molecule has 3 aromatic rings. The zero-order chi connectivity index (χ0) is 28.1. The van der Waals surface area contributed by atoms with Crippen molar-refractivity contribution in [1.29, 1.82) is 0 Å². The van der Waals surface area contributed by atoms with E-state index in [4.69, 9.17) is 13.9 Å². The summed E-state index contributed by atoms with van der Waals surface area (Å²) in [5.41, 5.74) is 2.87. The Morgan fingerprint density at radius 3 is 2.38 bits per heavy atom. The molecule has 1 saturated carbocycles. The fourth-order valence-corrected chi connectivity index (χ4v) is 4.59. The molecule has 0 bridgehead atoms. The summed E-state index contributed by atoms with van der Waals surface area (Å²) < 4.78 is 29.8. The number of nitrogens with one attached hydrogen (secondary N) is 2. The van der Waals surface area contributed by atoms with E-state index in [0.29, 0.717) is 0 Å². The van der Waals surface area contributed by atoms with E-state index in [-0.39, 0.29) is 17.5 Å². The van der Waals surface area contributed by atoms with E-state index in [0.717, 1.165) is 67.4 Å². The van der Waals surface area contributed by atoms with Gasteiger partial charge in [-0.1, -0.05) is 43.5 Å². The summed E-state index contributed by atoms with van der Waals surface area (Å²) in [7, 11) is 1.54. The molecule has 0 saturated heterocycles. The third kappa shape index (κ3) is 11.8. The predicted octanol–water partition coefficient (Wildman–Crippen LogP) is 7.18. The van der Waals surface area contributed by atoms with Crippen LogP contribution >= 0.6 is 0 Å². The maximum absolute atomic E-state index is 13.0. The molecule has 7 heteroatoms. The van der Waals surface area contributed by atoms with Crippen LogP contribution in [0.25, 0.3) is 11.0 Å². The number of furan rings is 1. The van der Waals surface area contributed by atoms with Crippen molar-refractivity contribution in [2.24, 2.45) is 5.92 Å². The van der Waals surface area contributed by atoms with Crippen LogP contribution < -0.4 is 10.6 Å². The minimum atomic E-state index is -0.389. The van der Waals surface area contributed by atoms with Gasteiger partial charge in [0.15, 0.2) is 0 Å². The van der Waals surface area contributed by atoms with Gasteiger partial charge in [0.1, 0.15) is 22.8 Å². The number of hydrogen-bond donors (Lipinski definition) is 2. The van der Waals surface area contributed by atoms with Crippen LogP contribution in [0.2, 0.25) is 0 Å². The van der Waals surface area contributed by atoms with E-state index in [2.05, 4.69) is 34.9 Å². The molecule has 1 fully saturated rings. The first-order valence-electron chi connectivity index (χ1n) is 14.2. The van der Waals surface area contributed by atoms with Gasteiger partial charge in [-0.25, -0.2) is 9.18 Å². The van der Waals surface area contributed by atoms with Crippen LogP contribution in [0.1, 0.15) is 69.8 Å². The number of hydrogen-bond acceptors (Lipinski definition) is 5. The maximum atomic E-state index is 13.0. The maximum Gasteiger partial charge on any atom is 0.407 e. The van der Waals surface area contributed by atoms with Crippen molar-refractivity contribution in [2.45, 2.75) is 77.9 Å². The Kier molecular flexibility index (Phi) is 12.3. The number of ether oxygens (including phenoxy) is 2. The number of halogens is 1. The smallest absolute Gasteiger partial charge is 0.407 e. The second-order valence-electron chi connectivity index (χ2n) is 11.2. The zero-order valence-corrected chi connectivity index (χ0v) is 24.0. The Balaban J connectivity index is 0.000000403. The van der Waals surface area contributed by atoms with Gasteiger partial charge in [0, 0.05) is 38.6 Å². The lowest BCUT2D eigenvalue weighted by atomic mass is 9.90. The molecule has 1 amide bonds. The fraction of sp³-hybridized carbons (Fsp3) is 0.531. The molecule has 39 heavy (non-hydrogen) atoms.